The highest BCUT2D eigenvalue weighted by molar-refractivity contribution is 4.81. The fourth-order valence-electron chi connectivity index (χ4n) is 1.43. The summed E-state index contributed by atoms with van der Waals surface area (Å²) in [7, 11) is 0. The van der Waals surface area contributed by atoms with E-state index in [-0.39, 0.29) is 6.04 Å². The summed E-state index contributed by atoms with van der Waals surface area (Å²) in [6.07, 6.45) is 0. The van der Waals surface area contributed by atoms with Crippen molar-refractivity contribution in [3.63, 3.8) is 0 Å². The van der Waals surface area contributed by atoms with Crippen molar-refractivity contribution < 1.29 is 4.42 Å². The van der Waals surface area contributed by atoms with Gasteiger partial charge in [-0.3, -0.25) is 0 Å². The maximum absolute atomic E-state index is 12.0. The number of hydrogen-bond donors (Lipinski definition) is 0. The van der Waals surface area contributed by atoms with Crippen LogP contribution in [0, 0.1) is 0 Å². The first-order valence-corrected chi connectivity index (χ1v) is 5.05. The van der Waals surface area contributed by atoms with Gasteiger partial charge in [0.2, 0.25) is 0 Å². The summed E-state index contributed by atoms with van der Waals surface area (Å²) in [4.78, 5) is 34.8. The predicted molar refractivity (Wildman–Crippen MR) is 58.9 cm³/mol. The van der Waals surface area contributed by atoms with Crippen molar-refractivity contribution in [1.29, 1.82) is 0 Å². The lowest BCUT2D eigenvalue weighted by Crippen LogP contribution is -2.52. The Morgan fingerprint density at radius 3 is 1.94 bits per heavy atom. The lowest BCUT2D eigenvalue weighted by atomic mass is 10.1. The molecular weight excluding hydrogens is 212 g/mol. The molecule has 0 bridgehead atoms. The Bertz CT molecular complexity index is 554. The van der Waals surface area contributed by atoms with Crippen LogP contribution in [0.2, 0.25) is 0 Å². The van der Waals surface area contributed by atoms with E-state index in [9.17, 15) is 14.4 Å². The normalized spacial score (nSPS) is 12.1. The highest BCUT2D eigenvalue weighted by Gasteiger charge is 2.23. The molecule has 1 aromatic rings. The molecule has 0 N–H and O–H groups in total. The second-order valence-corrected chi connectivity index (χ2v) is 4.89. The second kappa shape index (κ2) is 3.77. The SMILES string of the molecule is CC(C)n1c(=O)oc(=O)n(C(C)(C)C)c1=O. The van der Waals surface area contributed by atoms with Gasteiger partial charge in [-0.25, -0.2) is 23.5 Å². The maximum atomic E-state index is 12.0. The summed E-state index contributed by atoms with van der Waals surface area (Å²) >= 11 is 0. The second-order valence-electron chi connectivity index (χ2n) is 4.89. The minimum absolute atomic E-state index is 0.349. The van der Waals surface area contributed by atoms with Gasteiger partial charge in [-0.05, 0) is 34.6 Å². The van der Waals surface area contributed by atoms with Crippen molar-refractivity contribution >= 4 is 0 Å². The van der Waals surface area contributed by atoms with Crippen molar-refractivity contribution in [2.45, 2.75) is 46.2 Å². The molecule has 0 unspecified atom stereocenters. The standard InChI is InChI=1S/C10H16N2O4/c1-6(2)11-7(13)12(10(3,4)5)9(15)16-8(11)14/h6H,1-5H3. The summed E-state index contributed by atoms with van der Waals surface area (Å²) in [5.41, 5.74) is -1.36. The van der Waals surface area contributed by atoms with Gasteiger partial charge in [-0.2, -0.15) is 0 Å². The Hall–Kier alpha value is -1.59. The minimum Gasteiger partial charge on any atom is -0.358 e. The molecule has 0 aliphatic rings. The Balaban J connectivity index is 3.81. The first-order valence-electron chi connectivity index (χ1n) is 5.05. The molecule has 1 rings (SSSR count). The van der Waals surface area contributed by atoms with Crippen LogP contribution in [-0.2, 0) is 5.54 Å². The van der Waals surface area contributed by atoms with Crippen LogP contribution in [0.15, 0.2) is 18.8 Å². The van der Waals surface area contributed by atoms with Crippen molar-refractivity contribution in [1.82, 2.24) is 9.13 Å². The topological polar surface area (TPSA) is 74.2 Å². The van der Waals surface area contributed by atoms with Crippen molar-refractivity contribution in [2.75, 3.05) is 0 Å². The third-order valence-electron chi connectivity index (χ3n) is 2.14. The molecule has 1 heterocycles. The third-order valence-corrected chi connectivity index (χ3v) is 2.14. The Morgan fingerprint density at radius 1 is 1.06 bits per heavy atom. The van der Waals surface area contributed by atoms with E-state index in [1.165, 1.54) is 0 Å². The maximum Gasteiger partial charge on any atom is 0.427 e. The first kappa shape index (κ1) is 12.5. The molecule has 16 heavy (non-hydrogen) atoms. The van der Waals surface area contributed by atoms with E-state index in [1.54, 1.807) is 34.6 Å². The fourth-order valence-corrected chi connectivity index (χ4v) is 1.43. The van der Waals surface area contributed by atoms with Crippen LogP contribution >= 0.6 is 0 Å². The molecule has 0 fully saturated rings. The van der Waals surface area contributed by atoms with Gasteiger partial charge in [0.15, 0.2) is 0 Å². The van der Waals surface area contributed by atoms with E-state index < -0.39 is 22.7 Å². The van der Waals surface area contributed by atoms with Gasteiger partial charge in [-0.1, -0.05) is 0 Å². The van der Waals surface area contributed by atoms with E-state index in [0.717, 1.165) is 9.13 Å². The summed E-state index contributed by atoms with van der Waals surface area (Å²) in [6, 6.07) is -0.349. The van der Waals surface area contributed by atoms with Gasteiger partial charge >= 0.3 is 17.2 Å². The average molecular weight is 228 g/mol. The highest BCUT2D eigenvalue weighted by Crippen LogP contribution is 2.07. The molecule has 0 aromatic carbocycles. The third kappa shape index (κ3) is 2.00. The van der Waals surface area contributed by atoms with Crippen LogP contribution in [0.5, 0.6) is 0 Å². The van der Waals surface area contributed by atoms with Gasteiger partial charge in [-0.15, -0.1) is 0 Å². The smallest absolute Gasteiger partial charge is 0.358 e. The lowest BCUT2D eigenvalue weighted by molar-refractivity contribution is 0.247. The summed E-state index contributed by atoms with van der Waals surface area (Å²) in [5, 5.41) is 0. The Kier molecular flexibility index (Phi) is 2.94. The van der Waals surface area contributed by atoms with E-state index in [2.05, 4.69) is 4.42 Å². The molecule has 6 heteroatoms. The van der Waals surface area contributed by atoms with Gasteiger partial charge in [0.1, 0.15) is 0 Å². The molecule has 0 aliphatic carbocycles. The Labute approximate surface area is 92.1 Å². The van der Waals surface area contributed by atoms with Crippen LogP contribution in [0.4, 0.5) is 0 Å². The zero-order chi connectivity index (χ0) is 12.7. The molecule has 1 aromatic heterocycles. The largest absolute Gasteiger partial charge is 0.427 e. The van der Waals surface area contributed by atoms with E-state index in [0.29, 0.717) is 0 Å². The summed E-state index contributed by atoms with van der Waals surface area (Å²) in [6.45, 7) is 8.44. The molecule has 6 nitrogen and oxygen atoms in total. The van der Waals surface area contributed by atoms with E-state index >= 15 is 0 Å². The number of hydrogen-bond acceptors (Lipinski definition) is 4. The molecule has 0 saturated carbocycles. The summed E-state index contributed by atoms with van der Waals surface area (Å²) in [5.74, 6) is -1.83. The van der Waals surface area contributed by atoms with Crippen LogP contribution in [0.3, 0.4) is 0 Å². The monoisotopic (exact) mass is 228 g/mol. The molecule has 0 saturated heterocycles. The van der Waals surface area contributed by atoms with E-state index in [1.807, 2.05) is 0 Å². The van der Waals surface area contributed by atoms with Crippen LogP contribution < -0.4 is 17.2 Å². The fraction of sp³-hybridized carbons (Fsp3) is 0.700. The number of rotatable bonds is 1. The number of aromatic nitrogens is 2. The lowest BCUT2D eigenvalue weighted by Gasteiger charge is -2.21. The average Bonchev–Trinajstić information content (AvgIpc) is 1.97. The van der Waals surface area contributed by atoms with Gasteiger partial charge in [0.25, 0.3) is 0 Å². The molecule has 0 spiro atoms. The zero-order valence-electron chi connectivity index (χ0n) is 10.1. The van der Waals surface area contributed by atoms with Crippen LogP contribution in [0.25, 0.3) is 0 Å². The highest BCUT2D eigenvalue weighted by atomic mass is 16.5. The predicted octanol–water partition coefficient (Wildman–Crippen LogP) is 0.299. The molecule has 0 radical (unpaired) electrons. The van der Waals surface area contributed by atoms with Crippen LogP contribution in [-0.4, -0.2) is 9.13 Å². The molecule has 0 amide bonds. The zero-order valence-corrected chi connectivity index (χ0v) is 10.1. The van der Waals surface area contributed by atoms with Crippen molar-refractivity contribution in [2.24, 2.45) is 0 Å². The molecular formula is C10H16N2O4. The Morgan fingerprint density at radius 2 is 1.56 bits per heavy atom. The quantitative estimate of drug-likeness (QED) is 0.692. The number of nitrogens with zero attached hydrogens (tertiary/aromatic N) is 2. The molecule has 0 atom stereocenters. The first-order chi connectivity index (χ1) is 7.16. The van der Waals surface area contributed by atoms with Gasteiger partial charge in [0.05, 0.1) is 0 Å². The summed E-state index contributed by atoms with van der Waals surface area (Å²) < 4.78 is 6.38. The molecule has 90 valence electrons. The molecule has 0 aliphatic heterocycles. The van der Waals surface area contributed by atoms with Crippen molar-refractivity contribution in [3.8, 4) is 0 Å². The van der Waals surface area contributed by atoms with Gasteiger partial charge in [0, 0.05) is 11.6 Å². The minimum atomic E-state index is -0.917. The van der Waals surface area contributed by atoms with Crippen LogP contribution in [0.1, 0.15) is 40.7 Å². The van der Waals surface area contributed by atoms with Crippen molar-refractivity contribution in [3.05, 3.63) is 31.6 Å². The van der Waals surface area contributed by atoms with Gasteiger partial charge < -0.3 is 4.42 Å². The van der Waals surface area contributed by atoms with E-state index in [4.69, 9.17) is 0 Å².